The molecule has 2 aliphatic rings. The third kappa shape index (κ3) is 4.06. The number of rotatable bonds is 3. The predicted molar refractivity (Wildman–Crippen MR) is 104 cm³/mol. The molecule has 1 aromatic rings. The third-order valence-electron chi connectivity index (χ3n) is 4.53. The van der Waals surface area contributed by atoms with Gasteiger partial charge in [-0.1, -0.05) is 44.7 Å². The molecule has 2 saturated heterocycles. The van der Waals surface area contributed by atoms with Crippen molar-refractivity contribution in [2.45, 2.75) is 38.6 Å². The number of benzene rings is 1. The summed E-state index contributed by atoms with van der Waals surface area (Å²) in [6.45, 7) is 6.01. The van der Waals surface area contributed by atoms with Gasteiger partial charge in [-0.05, 0) is 17.7 Å². The number of sulfone groups is 1. The monoisotopic (exact) mass is 396 g/mol. The second-order valence-electron chi connectivity index (χ2n) is 7.73. The van der Waals surface area contributed by atoms with Gasteiger partial charge in [0, 0.05) is 17.2 Å². The second-order valence-corrected chi connectivity index (χ2v) is 11.1. The van der Waals surface area contributed by atoms with Crippen molar-refractivity contribution in [3.05, 3.63) is 29.8 Å². The van der Waals surface area contributed by atoms with Crippen LogP contribution in [0.5, 0.6) is 5.75 Å². The van der Waals surface area contributed by atoms with Gasteiger partial charge < -0.3 is 9.64 Å². The standard InChI is InChI=1S/C18H24N2O4S2/c1-18(2,3)16(21)19-17-20(9-12-5-7-13(24-4)8-6-12)14-10-26(22,23)11-15(14)25-17/h5-8,14-15H,9-11H2,1-4H3/t14-,15-/m0/s1. The molecule has 8 heteroatoms. The van der Waals surface area contributed by atoms with Gasteiger partial charge in [-0.15, -0.1) is 0 Å². The quantitative estimate of drug-likeness (QED) is 0.781. The van der Waals surface area contributed by atoms with Gasteiger partial charge in [0.05, 0.1) is 24.7 Å². The Labute approximate surface area is 158 Å². The van der Waals surface area contributed by atoms with Crippen LogP contribution in [0.15, 0.2) is 29.3 Å². The normalized spacial score (nSPS) is 26.2. The van der Waals surface area contributed by atoms with Crippen LogP contribution in [0.25, 0.3) is 0 Å². The lowest BCUT2D eigenvalue weighted by Crippen LogP contribution is -2.37. The molecule has 0 radical (unpaired) electrons. The molecule has 26 heavy (non-hydrogen) atoms. The van der Waals surface area contributed by atoms with Crippen molar-refractivity contribution in [1.82, 2.24) is 4.90 Å². The van der Waals surface area contributed by atoms with E-state index in [-0.39, 0.29) is 28.7 Å². The zero-order valence-corrected chi connectivity index (χ0v) is 17.1. The van der Waals surface area contributed by atoms with E-state index < -0.39 is 15.3 Å². The minimum Gasteiger partial charge on any atom is -0.497 e. The highest BCUT2D eigenvalue weighted by molar-refractivity contribution is 8.15. The van der Waals surface area contributed by atoms with Crippen LogP contribution in [0.1, 0.15) is 26.3 Å². The van der Waals surface area contributed by atoms with E-state index in [9.17, 15) is 13.2 Å². The largest absolute Gasteiger partial charge is 0.497 e. The molecule has 0 saturated carbocycles. The number of amidine groups is 1. The number of amides is 1. The molecular weight excluding hydrogens is 372 g/mol. The molecule has 2 heterocycles. The summed E-state index contributed by atoms with van der Waals surface area (Å²) in [4.78, 5) is 18.7. The number of fused-ring (bicyclic) bond motifs is 1. The van der Waals surface area contributed by atoms with Gasteiger partial charge in [0.2, 0.25) is 0 Å². The van der Waals surface area contributed by atoms with E-state index in [4.69, 9.17) is 4.74 Å². The Morgan fingerprint density at radius 2 is 1.92 bits per heavy atom. The number of hydrogen-bond acceptors (Lipinski definition) is 5. The lowest BCUT2D eigenvalue weighted by atomic mass is 9.96. The van der Waals surface area contributed by atoms with Crippen LogP contribution < -0.4 is 4.74 Å². The van der Waals surface area contributed by atoms with Crippen LogP contribution in [0.4, 0.5) is 0 Å². The Morgan fingerprint density at radius 1 is 1.27 bits per heavy atom. The predicted octanol–water partition coefficient (Wildman–Crippen LogP) is 2.34. The summed E-state index contributed by atoms with van der Waals surface area (Å²) in [6, 6.07) is 7.50. The van der Waals surface area contributed by atoms with Crippen molar-refractivity contribution < 1.29 is 17.9 Å². The summed E-state index contributed by atoms with van der Waals surface area (Å²) in [6.07, 6.45) is 0. The van der Waals surface area contributed by atoms with Crippen LogP contribution in [0, 0.1) is 5.41 Å². The molecule has 2 fully saturated rings. The third-order valence-corrected chi connectivity index (χ3v) is 7.77. The first kappa shape index (κ1) is 19.2. The fourth-order valence-corrected chi connectivity index (χ4v) is 6.95. The average molecular weight is 397 g/mol. The molecule has 142 valence electrons. The summed E-state index contributed by atoms with van der Waals surface area (Å²) in [7, 11) is -1.43. The molecular formula is C18H24N2O4S2. The van der Waals surface area contributed by atoms with Crippen molar-refractivity contribution in [2.75, 3.05) is 18.6 Å². The first-order valence-electron chi connectivity index (χ1n) is 8.49. The topological polar surface area (TPSA) is 76.0 Å². The number of carbonyl (C=O) groups is 1. The fourth-order valence-electron chi connectivity index (χ4n) is 3.00. The Bertz CT molecular complexity index is 826. The number of nitrogens with zero attached hydrogens (tertiary/aromatic N) is 2. The molecule has 1 aromatic carbocycles. The van der Waals surface area contributed by atoms with Crippen molar-refractivity contribution in [3.63, 3.8) is 0 Å². The first-order chi connectivity index (χ1) is 12.1. The van der Waals surface area contributed by atoms with E-state index in [1.165, 1.54) is 11.8 Å². The summed E-state index contributed by atoms with van der Waals surface area (Å²) in [5.74, 6) is 0.832. The summed E-state index contributed by atoms with van der Waals surface area (Å²) < 4.78 is 29.3. The molecule has 0 aromatic heterocycles. The van der Waals surface area contributed by atoms with E-state index in [1.807, 2.05) is 49.9 Å². The van der Waals surface area contributed by atoms with Crippen LogP contribution in [0.2, 0.25) is 0 Å². The van der Waals surface area contributed by atoms with Gasteiger partial charge in [0.15, 0.2) is 15.0 Å². The molecule has 2 atom stereocenters. The zero-order chi connectivity index (χ0) is 19.1. The van der Waals surface area contributed by atoms with E-state index in [0.717, 1.165) is 11.3 Å². The van der Waals surface area contributed by atoms with Crippen molar-refractivity contribution in [2.24, 2.45) is 10.4 Å². The lowest BCUT2D eigenvalue weighted by Gasteiger charge is -2.25. The highest BCUT2D eigenvalue weighted by atomic mass is 32.2. The molecule has 6 nitrogen and oxygen atoms in total. The van der Waals surface area contributed by atoms with E-state index in [0.29, 0.717) is 11.7 Å². The Morgan fingerprint density at radius 3 is 2.50 bits per heavy atom. The lowest BCUT2D eigenvalue weighted by molar-refractivity contribution is -0.124. The summed E-state index contributed by atoms with van der Waals surface area (Å²) in [5, 5.41) is 0.565. The highest BCUT2D eigenvalue weighted by Crippen LogP contribution is 2.39. The van der Waals surface area contributed by atoms with Gasteiger partial charge in [-0.25, -0.2) is 8.42 Å². The van der Waals surface area contributed by atoms with Crippen LogP contribution in [-0.4, -0.2) is 54.3 Å². The fraction of sp³-hybridized carbons (Fsp3) is 0.556. The van der Waals surface area contributed by atoms with Crippen molar-refractivity contribution in [1.29, 1.82) is 0 Å². The number of carbonyl (C=O) groups excluding carboxylic acids is 1. The average Bonchev–Trinajstić information content (AvgIpc) is 3.00. The smallest absolute Gasteiger partial charge is 0.253 e. The minimum absolute atomic E-state index is 0.0650. The van der Waals surface area contributed by atoms with Gasteiger partial charge in [0.25, 0.3) is 5.91 Å². The number of hydrogen-bond donors (Lipinski definition) is 0. The molecule has 1 amide bonds. The highest BCUT2D eigenvalue weighted by Gasteiger charge is 2.48. The van der Waals surface area contributed by atoms with Gasteiger partial charge in [0.1, 0.15) is 5.75 Å². The van der Waals surface area contributed by atoms with Gasteiger partial charge in [-0.3, -0.25) is 4.79 Å². The maximum atomic E-state index is 12.4. The minimum atomic E-state index is -3.04. The number of ether oxygens (including phenoxy) is 1. The molecule has 0 bridgehead atoms. The number of thioether (sulfide) groups is 1. The SMILES string of the molecule is COc1ccc(CN2C(=NC(=O)C(C)(C)C)S[C@H]3CS(=O)(=O)C[C@@H]32)cc1. The zero-order valence-electron chi connectivity index (χ0n) is 15.4. The second kappa shape index (κ2) is 6.88. The molecule has 0 N–H and O–H groups in total. The van der Waals surface area contributed by atoms with Crippen LogP contribution in [-0.2, 0) is 21.2 Å². The van der Waals surface area contributed by atoms with E-state index >= 15 is 0 Å². The van der Waals surface area contributed by atoms with Gasteiger partial charge in [-0.2, -0.15) is 4.99 Å². The van der Waals surface area contributed by atoms with Crippen molar-refractivity contribution >= 4 is 32.7 Å². The van der Waals surface area contributed by atoms with E-state index in [1.54, 1.807) is 7.11 Å². The Balaban J connectivity index is 1.89. The first-order valence-corrected chi connectivity index (χ1v) is 11.2. The summed E-state index contributed by atoms with van der Waals surface area (Å²) in [5.41, 5.74) is 0.454. The van der Waals surface area contributed by atoms with Crippen LogP contribution >= 0.6 is 11.8 Å². The van der Waals surface area contributed by atoms with E-state index in [2.05, 4.69) is 4.99 Å². The molecule has 0 unspecified atom stereocenters. The Hall–Kier alpha value is -1.54. The van der Waals surface area contributed by atoms with Crippen LogP contribution in [0.3, 0.4) is 0 Å². The maximum absolute atomic E-state index is 12.4. The summed E-state index contributed by atoms with van der Waals surface area (Å²) >= 11 is 1.41. The molecule has 0 aliphatic carbocycles. The number of methoxy groups -OCH3 is 1. The molecule has 2 aliphatic heterocycles. The van der Waals surface area contributed by atoms with Crippen molar-refractivity contribution in [3.8, 4) is 5.75 Å². The molecule has 3 rings (SSSR count). The maximum Gasteiger partial charge on any atom is 0.253 e. The number of aliphatic imine (C=N–C) groups is 1. The molecule has 0 spiro atoms. The Kier molecular flexibility index (Phi) is 5.09. The van der Waals surface area contributed by atoms with Gasteiger partial charge >= 0.3 is 0 Å².